The smallest absolute Gasteiger partial charge is 0.250 e. The molecule has 6 heteroatoms. The molecule has 0 aliphatic carbocycles. The van der Waals surface area contributed by atoms with Crippen LogP contribution >= 0.6 is 0 Å². The van der Waals surface area contributed by atoms with E-state index >= 15 is 0 Å². The van der Waals surface area contributed by atoms with Crippen molar-refractivity contribution < 1.29 is 14.3 Å². The van der Waals surface area contributed by atoms with Crippen molar-refractivity contribution >= 4 is 23.1 Å². The lowest BCUT2D eigenvalue weighted by Gasteiger charge is -2.20. The van der Waals surface area contributed by atoms with Gasteiger partial charge < -0.3 is 19.7 Å². The van der Waals surface area contributed by atoms with Gasteiger partial charge in [-0.25, -0.2) is 4.99 Å². The third kappa shape index (κ3) is 3.64. The lowest BCUT2D eigenvalue weighted by atomic mass is 10.1. The molecule has 1 amide bonds. The zero-order valence-electron chi connectivity index (χ0n) is 14.6. The second-order valence-electron chi connectivity index (χ2n) is 5.71. The number of nitrogens with one attached hydrogen (secondary N) is 1. The molecule has 0 radical (unpaired) electrons. The van der Waals surface area contributed by atoms with E-state index in [1.807, 2.05) is 54.4 Å². The first-order valence-corrected chi connectivity index (χ1v) is 8.12. The molecule has 2 aromatic rings. The van der Waals surface area contributed by atoms with Gasteiger partial charge in [-0.15, -0.1) is 0 Å². The molecule has 0 atom stereocenters. The fraction of sp³-hybridized carbons (Fsp3) is 0.263. The molecule has 0 fully saturated rings. The van der Waals surface area contributed by atoms with E-state index in [4.69, 9.17) is 14.5 Å². The highest BCUT2D eigenvalue weighted by molar-refractivity contribution is 6.05. The number of hydrogen-bond donors (Lipinski definition) is 1. The van der Waals surface area contributed by atoms with Gasteiger partial charge in [0.1, 0.15) is 23.9 Å². The maximum atomic E-state index is 11.8. The number of nitrogens with zero attached hydrogens (tertiary/aromatic N) is 2. The molecular weight excluding hydrogens is 318 g/mol. The third-order valence-corrected chi connectivity index (χ3v) is 3.93. The first kappa shape index (κ1) is 17.0. The number of carbonyl (C=O) groups is 1. The molecule has 25 heavy (non-hydrogen) atoms. The van der Waals surface area contributed by atoms with Gasteiger partial charge in [0.25, 0.3) is 0 Å². The minimum Gasteiger partial charge on any atom is -0.454 e. The molecule has 0 unspecified atom stereocenters. The Kier molecular flexibility index (Phi) is 5.00. The molecular formula is C19H21N3O3. The summed E-state index contributed by atoms with van der Waals surface area (Å²) in [4.78, 5) is 18.6. The van der Waals surface area contributed by atoms with Crippen LogP contribution in [0.5, 0.6) is 11.5 Å². The van der Waals surface area contributed by atoms with Crippen molar-refractivity contribution in [3.05, 3.63) is 48.0 Å². The van der Waals surface area contributed by atoms with Crippen LogP contribution in [0.1, 0.15) is 12.5 Å². The number of anilines is 1. The fourth-order valence-corrected chi connectivity index (χ4v) is 2.57. The SMILES string of the molecule is CCN(C)C1=Nc2ccccc2Oc2ccc(NC(=O)COC)cc21. The minimum atomic E-state index is -0.206. The molecule has 6 nitrogen and oxygen atoms in total. The van der Waals surface area contributed by atoms with Gasteiger partial charge in [0.15, 0.2) is 5.75 Å². The lowest BCUT2D eigenvalue weighted by molar-refractivity contribution is -0.119. The van der Waals surface area contributed by atoms with Crippen LogP contribution in [-0.2, 0) is 9.53 Å². The molecule has 1 N–H and O–H groups in total. The quantitative estimate of drug-likeness (QED) is 0.927. The predicted octanol–water partition coefficient (Wildman–Crippen LogP) is 3.41. The molecule has 130 valence electrons. The number of rotatable bonds is 4. The van der Waals surface area contributed by atoms with Gasteiger partial charge in [0.05, 0.1) is 5.56 Å². The van der Waals surface area contributed by atoms with Gasteiger partial charge in [0.2, 0.25) is 5.91 Å². The van der Waals surface area contributed by atoms with E-state index in [-0.39, 0.29) is 12.5 Å². The summed E-state index contributed by atoms with van der Waals surface area (Å²) < 4.78 is 10.9. The van der Waals surface area contributed by atoms with Crippen LogP contribution in [-0.4, -0.2) is 44.0 Å². The van der Waals surface area contributed by atoms with E-state index in [0.29, 0.717) is 17.2 Å². The molecule has 1 aliphatic rings. The molecule has 1 heterocycles. The Balaban J connectivity index is 2.05. The van der Waals surface area contributed by atoms with Crippen molar-refractivity contribution in [1.82, 2.24) is 4.90 Å². The fourth-order valence-electron chi connectivity index (χ4n) is 2.57. The number of fused-ring (bicyclic) bond motifs is 2. The Morgan fingerprint density at radius 1 is 1.24 bits per heavy atom. The zero-order chi connectivity index (χ0) is 17.8. The van der Waals surface area contributed by atoms with Crippen molar-refractivity contribution in [3.8, 4) is 11.5 Å². The average Bonchev–Trinajstić information content (AvgIpc) is 2.77. The van der Waals surface area contributed by atoms with Crippen molar-refractivity contribution in [2.24, 2.45) is 4.99 Å². The van der Waals surface area contributed by atoms with E-state index in [1.165, 1.54) is 7.11 Å². The van der Waals surface area contributed by atoms with E-state index < -0.39 is 0 Å². The van der Waals surface area contributed by atoms with Crippen LogP contribution in [0.25, 0.3) is 0 Å². The maximum Gasteiger partial charge on any atom is 0.250 e. The summed E-state index contributed by atoms with van der Waals surface area (Å²) in [5, 5.41) is 2.82. The van der Waals surface area contributed by atoms with Crippen LogP contribution in [0.15, 0.2) is 47.5 Å². The van der Waals surface area contributed by atoms with Crippen molar-refractivity contribution in [1.29, 1.82) is 0 Å². The van der Waals surface area contributed by atoms with Gasteiger partial charge in [-0.1, -0.05) is 12.1 Å². The molecule has 1 aliphatic heterocycles. The van der Waals surface area contributed by atoms with Gasteiger partial charge in [0, 0.05) is 26.4 Å². The number of amides is 1. The van der Waals surface area contributed by atoms with E-state index in [1.54, 1.807) is 0 Å². The second-order valence-corrected chi connectivity index (χ2v) is 5.71. The zero-order valence-corrected chi connectivity index (χ0v) is 14.6. The van der Waals surface area contributed by atoms with Crippen LogP contribution in [0.2, 0.25) is 0 Å². The molecule has 0 bridgehead atoms. The summed E-state index contributed by atoms with van der Waals surface area (Å²) in [6.45, 7) is 2.86. The summed E-state index contributed by atoms with van der Waals surface area (Å²) in [6, 6.07) is 13.2. The second kappa shape index (κ2) is 7.36. The molecule has 0 saturated carbocycles. The van der Waals surface area contributed by atoms with Gasteiger partial charge >= 0.3 is 0 Å². The van der Waals surface area contributed by atoms with Gasteiger partial charge in [-0.3, -0.25) is 4.79 Å². The average molecular weight is 339 g/mol. The first-order chi connectivity index (χ1) is 12.1. The highest BCUT2D eigenvalue weighted by atomic mass is 16.5. The Hall–Kier alpha value is -2.86. The van der Waals surface area contributed by atoms with Crippen molar-refractivity contribution in [3.63, 3.8) is 0 Å². The number of benzene rings is 2. The summed E-state index contributed by atoms with van der Waals surface area (Å²) >= 11 is 0. The van der Waals surface area contributed by atoms with Crippen molar-refractivity contribution in [2.75, 3.05) is 32.6 Å². The van der Waals surface area contributed by atoms with Gasteiger partial charge in [-0.2, -0.15) is 0 Å². The first-order valence-electron chi connectivity index (χ1n) is 8.12. The van der Waals surface area contributed by atoms with Crippen LogP contribution in [0.4, 0.5) is 11.4 Å². The summed E-state index contributed by atoms with van der Waals surface area (Å²) in [7, 11) is 3.47. The molecule has 2 aromatic carbocycles. The van der Waals surface area contributed by atoms with Crippen LogP contribution in [0, 0.1) is 0 Å². The number of para-hydroxylation sites is 2. The lowest BCUT2D eigenvalue weighted by Crippen LogP contribution is -2.27. The minimum absolute atomic E-state index is 0.00877. The van der Waals surface area contributed by atoms with Gasteiger partial charge in [-0.05, 0) is 37.3 Å². The summed E-state index contributed by atoms with van der Waals surface area (Å²) in [6.07, 6.45) is 0. The highest BCUT2D eigenvalue weighted by Gasteiger charge is 2.21. The summed E-state index contributed by atoms with van der Waals surface area (Å²) in [5.74, 6) is 2.00. The maximum absolute atomic E-state index is 11.8. The highest BCUT2D eigenvalue weighted by Crippen LogP contribution is 2.38. The predicted molar refractivity (Wildman–Crippen MR) is 98.0 cm³/mol. The topological polar surface area (TPSA) is 63.2 Å². The van der Waals surface area contributed by atoms with Crippen LogP contribution < -0.4 is 10.1 Å². The van der Waals surface area contributed by atoms with Crippen molar-refractivity contribution in [2.45, 2.75) is 6.92 Å². The molecule has 0 spiro atoms. The van der Waals surface area contributed by atoms with Crippen LogP contribution in [0.3, 0.4) is 0 Å². The molecule has 0 aromatic heterocycles. The monoisotopic (exact) mass is 339 g/mol. The number of aliphatic imine (C=N–C) groups is 1. The Labute approximate surface area is 147 Å². The standard InChI is InChI=1S/C19H21N3O3/c1-4-22(2)19-14-11-13(20-18(23)12-24-3)9-10-16(14)25-17-8-6-5-7-15(17)21-19/h5-11H,4,12H2,1-3H3,(H,20,23). The Bertz CT molecular complexity index is 817. The number of hydrogen-bond acceptors (Lipinski definition) is 5. The van der Waals surface area contributed by atoms with E-state index in [2.05, 4.69) is 12.2 Å². The van der Waals surface area contributed by atoms with E-state index in [0.717, 1.165) is 23.6 Å². The Morgan fingerprint density at radius 2 is 2.04 bits per heavy atom. The molecule has 3 rings (SSSR count). The number of carbonyl (C=O) groups excluding carboxylic acids is 1. The van der Waals surface area contributed by atoms with E-state index in [9.17, 15) is 4.79 Å². The largest absolute Gasteiger partial charge is 0.454 e. The number of amidine groups is 1. The number of ether oxygens (including phenoxy) is 2. The number of methoxy groups -OCH3 is 1. The Morgan fingerprint density at radius 3 is 2.80 bits per heavy atom. The normalized spacial score (nSPS) is 12.2. The molecule has 0 saturated heterocycles. The summed E-state index contributed by atoms with van der Waals surface area (Å²) in [5.41, 5.74) is 2.28. The third-order valence-electron chi connectivity index (χ3n) is 3.93.